The highest BCUT2D eigenvalue weighted by molar-refractivity contribution is 6.15. The van der Waals surface area contributed by atoms with Crippen LogP contribution in [0, 0.1) is 5.92 Å². The SMILES string of the molecule is CC1=NN(c2ccccn2)C(=O)C1CC(=O)O. The van der Waals surface area contributed by atoms with E-state index in [9.17, 15) is 9.59 Å². The Morgan fingerprint density at radius 2 is 2.29 bits per heavy atom. The molecule has 0 spiro atoms. The third-order valence-corrected chi connectivity index (χ3v) is 2.51. The monoisotopic (exact) mass is 233 g/mol. The van der Waals surface area contributed by atoms with Crippen molar-refractivity contribution in [2.75, 3.05) is 5.01 Å². The van der Waals surface area contributed by atoms with Gasteiger partial charge in [-0.2, -0.15) is 10.1 Å². The summed E-state index contributed by atoms with van der Waals surface area (Å²) in [5, 5.41) is 13.9. The Kier molecular flexibility index (Phi) is 2.86. The van der Waals surface area contributed by atoms with Crippen LogP contribution in [-0.2, 0) is 9.59 Å². The molecule has 0 saturated carbocycles. The van der Waals surface area contributed by atoms with Gasteiger partial charge in [-0.3, -0.25) is 9.59 Å². The highest BCUT2D eigenvalue weighted by Gasteiger charge is 2.36. The number of rotatable bonds is 3. The van der Waals surface area contributed by atoms with Crippen LogP contribution in [0.5, 0.6) is 0 Å². The third-order valence-electron chi connectivity index (χ3n) is 2.51. The first-order chi connectivity index (χ1) is 8.09. The molecule has 88 valence electrons. The van der Waals surface area contributed by atoms with E-state index in [1.807, 2.05) is 0 Å². The van der Waals surface area contributed by atoms with Crippen molar-refractivity contribution in [1.82, 2.24) is 4.98 Å². The number of carboxylic acids is 1. The molecule has 1 aliphatic heterocycles. The zero-order chi connectivity index (χ0) is 12.4. The Hall–Kier alpha value is -2.24. The number of pyridine rings is 1. The molecule has 2 rings (SSSR count). The van der Waals surface area contributed by atoms with Crippen molar-refractivity contribution in [1.29, 1.82) is 0 Å². The minimum absolute atomic E-state index is 0.239. The summed E-state index contributed by atoms with van der Waals surface area (Å²) in [6, 6.07) is 5.12. The van der Waals surface area contributed by atoms with Crippen molar-refractivity contribution < 1.29 is 14.7 Å². The molecule has 1 atom stereocenters. The average Bonchev–Trinajstić information content (AvgIpc) is 2.58. The normalized spacial score (nSPS) is 19.4. The second-order valence-corrected chi connectivity index (χ2v) is 3.73. The molecular formula is C11H11N3O3. The lowest BCUT2D eigenvalue weighted by molar-refractivity contribution is -0.139. The lowest BCUT2D eigenvalue weighted by atomic mass is 10.0. The molecule has 1 amide bonds. The van der Waals surface area contributed by atoms with E-state index in [4.69, 9.17) is 5.11 Å². The maximum Gasteiger partial charge on any atom is 0.304 e. The number of hydrazone groups is 1. The Balaban J connectivity index is 2.24. The van der Waals surface area contributed by atoms with E-state index < -0.39 is 11.9 Å². The largest absolute Gasteiger partial charge is 0.481 e. The average molecular weight is 233 g/mol. The molecular weight excluding hydrogens is 222 g/mol. The van der Waals surface area contributed by atoms with Crippen LogP contribution in [0.25, 0.3) is 0 Å². The molecule has 0 bridgehead atoms. The number of hydrogen-bond donors (Lipinski definition) is 1. The van der Waals surface area contributed by atoms with Gasteiger partial charge in [0.2, 0.25) is 0 Å². The van der Waals surface area contributed by atoms with Gasteiger partial charge in [0.15, 0.2) is 5.82 Å². The fourth-order valence-corrected chi connectivity index (χ4v) is 1.66. The van der Waals surface area contributed by atoms with Gasteiger partial charge in [-0.15, -0.1) is 0 Å². The molecule has 2 heterocycles. The minimum Gasteiger partial charge on any atom is -0.481 e. The predicted octanol–water partition coefficient (Wildman–Crippen LogP) is 0.895. The summed E-state index contributed by atoms with van der Waals surface area (Å²) in [5.41, 5.74) is 0.503. The quantitative estimate of drug-likeness (QED) is 0.840. The maximum atomic E-state index is 12.0. The highest BCUT2D eigenvalue weighted by atomic mass is 16.4. The number of aliphatic carboxylic acids is 1. The van der Waals surface area contributed by atoms with Gasteiger partial charge in [0.05, 0.1) is 12.3 Å². The number of carbonyl (C=O) groups is 2. The van der Waals surface area contributed by atoms with Crippen molar-refractivity contribution in [3.8, 4) is 0 Å². The Labute approximate surface area is 97.6 Å². The van der Waals surface area contributed by atoms with Crippen LogP contribution in [0.3, 0.4) is 0 Å². The summed E-state index contributed by atoms with van der Waals surface area (Å²) in [5.74, 6) is -1.64. The molecule has 0 aromatic carbocycles. The van der Waals surface area contributed by atoms with Crippen molar-refractivity contribution in [3.63, 3.8) is 0 Å². The lowest BCUT2D eigenvalue weighted by Gasteiger charge is -2.11. The van der Waals surface area contributed by atoms with Crippen LogP contribution in [-0.4, -0.2) is 27.7 Å². The van der Waals surface area contributed by atoms with E-state index in [1.165, 1.54) is 0 Å². The smallest absolute Gasteiger partial charge is 0.304 e. The Bertz CT molecular complexity index is 484. The molecule has 0 saturated heterocycles. The first-order valence-corrected chi connectivity index (χ1v) is 5.11. The molecule has 1 aromatic heterocycles. The first kappa shape index (κ1) is 11.3. The number of aromatic nitrogens is 1. The molecule has 1 N–H and O–H groups in total. The Morgan fingerprint density at radius 1 is 1.53 bits per heavy atom. The van der Waals surface area contributed by atoms with E-state index >= 15 is 0 Å². The van der Waals surface area contributed by atoms with E-state index in [0.29, 0.717) is 11.5 Å². The van der Waals surface area contributed by atoms with Gasteiger partial charge in [0.1, 0.15) is 0 Å². The zero-order valence-corrected chi connectivity index (χ0v) is 9.20. The number of carbonyl (C=O) groups excluding carboxylic acids is 1. The van der Waals surface area contributed by atoms with E-state index in [1.54, 1.807) is 31.3 Å². The van der Waals surface area contributed by atoms with Gasteiger partial charge in [-0.05, 0) is 19.1 Å². The van der Waals surface area contributed by atoms with E-state index in [-0.39, 0.29) is 12.3 Å². The number of nitrogens with zero attached hydrogens (tertiary/aromatic N) is 3. The predicted molar refractivity (Wildman–Crippen MR) is 60.6 cm³/mol. The summed E-state index contributed by atoms with van der Waals surface area (Å²) in [4.78, 5) is 26.6. The Morgan fingerprint density at radius 3 is 2.88 bits per heavy atom. The number of amides is 1. The topological polar surface area (TPSA) is 82.9 Å². The fraction of sp³-hybridized carbons (Fsp3) is 0.273. The molecule has 17 heavy (non-hydrogen) atoms. The molecule has 0 fully saturated rings. The lowest BCUT2D eigenvalue weighted by Crippen LogP contribution is -2.29. The van der Waals surface area contributed by atoms with Crippen molar-refractivity contribution in [3.05, 3.63) is 24.4 Å². The summed E-state index contributed by atoms with van der Waals surface area (Å²) in [6.45, 7) is 1.65. The van der Waals surface area contributed by atoms with Crippen LogP contribution in [0.1, 0.15) is 13.3 Å². The number of carboxylic acid groups (broad SMARTS) is 1. The first-order valence-electron chi connectivity index (χ1n) is 5.11. The van der Waals surface area contributed by atoms with Gasteiger partial charge in [-0.25, -0.2) is 4.98 Å². The van der Waals surface area contributed by atoms with Crippen LogP contribution < -0.4 is 5.01 Å². The second-order valence-electron chi connectivity index (χ2n) is 3.73. The van der Waals surface area contributed by atoms with Gasteiger partial charge < -0.3 is 5.11 Å². The third kappa shape index (κ3) is 2.15. The highest BCUT2D eigenvalue weighted by Crippen LogP contribution is 2.23. The van der Waals surface area contributed by atoms with Crippen LogP contribution in [0.2, 0.25) is 0 Å². The molecule has 1 unspecified atom stereocenters. The standard InChI is InChI=1S/C11H11N3O3/c1-7-8(6-10(15)16)11(17)14(13-7)9-4-2-3-5-12-9/h2-5,8H,6H2,1H3,(H,15,16). The van der Waals surface area contributed by atoms with Gasteiger partial charge in [0.25, 0.3) is 5.91 Å². The summed E-state index contributed by atoms with van der Waals surface area (Å²) in [7, 11) is 0. The summed E-state index contributed by atoms with van der Waals surface area (Å²) < 4.78 is 0. The molecule has 0 aliphatic carbocycles. The van der Waals surface area contributed by atoms with Gasteiger partial charge in [-0.1, -0.05) is 6.07 Å². The van der Waals surface area contributed by atoms with Crippen LogP contribution >= 0.6 is 0 Å². The summed E-state index contributed by atoms with van der Waals surface area (Å²) >= 11 is 0. The molecule has 6 nitrogen and oxygen atoms in total. The second kappa shape index (κ2) is 4.32. The van der Waals surface area contributed by atoms with Gasteiger partial charge in [0, 0.05) is 11.9 Å². The van der Waals surface area contributed by atoms with Crippen molar-refractivity contribution in [2.24, 2.45) is 11.0 Å². The van der Waals surface area contributed by atoms with Crippen LogP contribution in [0.15, 0.2) is 29.5 Å². The van der Waals surface area contributed by atoms with Crippen molar-refractivity contribution >= 4 is 23.4 Å². The minimum atomic E-state index is -1.01. The van der Waals surface area contributed by atoms with Gasteiger partial charge >= 0.3 is 5.97 Å². The fourth-order valence-electron chi connectivity index (χ4n) is 1.66. The summed E-state index contributed by atoms with van der Waals surface area (Å²) in [6.07, 6.45) is 1.31. The number of anilines is 1. The molecule has 0 radical (unpaired) electrons. The van der Waals surface area contributed by atoms with E-state index in [0.717, 1.165) is 5.01 Å². The van der Waals surface area contributed by atoms with Crippen molar-refractivity contribution in [2.45, 2.75) is 13.3 Å². The molecule has 1 aromatic rings. The zero-order valence-electron chi connectivity index (χ0n) is 9.20. The van der Waals surface area contributed by atoms with E-state index in [2.05, 4.69) is 10.1 Å². The number of hydrogen-bond acceptors (Lipinski definition) is 4. The maximum absolute atomic E-state index is 12.0. The van der Waals surface area contributed by atoms with Crippen LogP contribution in [0.4, 0.5) is 5.82 Å². The molecule has 6 heteroatoms. The molecule has 1 aliphatic rings.